The van der Waals surface area contributed by atoms with Crippen LogP contribution in [-0.4, -0.2) is 36.5 Å². The molecule has 1 aliphatic heterocycles. The molecule has 1 atom stereocenters. The Labute approximate surface area is 125 Å². The average Bonchev–Trinajstić information content (AvgIpc) is 2.95. The molecule has 21 heavy (non-hydrogen) atoms. The molecule has 0 radical (unpaired) electrons. The van der Waals surface area contributed by atoms with Crippen molar-refractivity contribution in [3.8, 4) is 0 Å². The van der Waals surface area contributed by atoms with Crippen molar-refractivity contribution >= 4 is 11.6 Å². The number of rotatable bonds is 5. The molecule has 1 aromatic rings. The van der Waals surface area contributed by atoms with Crippen LogP contribution in [0.1, 0.15) is 37.0 Å². The molecule has 0 aliphatic carbocycles. The summed E-state index contributed by atoms with van der Waals surface area (Å²) in [6.45, 7) is 7.05. The first-order valence-corrected chi connectivity index (χ1v) is 7.56. The van der Waals surface area contributed by atoms with Crippen molar-refractivity contribution in [3.05, 3.63) is 29.6 Å². The molecule has 1 fully saturated rings. The Hall–Kier alpha value is -1.62. The number of amides is 1. The van der Waals surface area contributed by atoms with Crippen molar-refractivity contribution < 1.29 is 9.18 Å². The van der Waals surface area contributed by atoms with Crippen LogP contribution in [0.3, 0.4) is 0 Å². The number of nitrogens with one attached hydrogen (secondary N) is 1. The second-order valence-electron chi connectivity index (χ2n) is 6.00. The molecular weight excluding hydrogens is 269 g/mol. The number of hydrogen-bond acceptors (Lipinski definition) is 3. The molecule has 1 heterocycles. The molecule has 5 heteroatoms. The van der Waals surface area contributed by atoms with Crippen molar-refractivity contribution in [2.45, 2.75) is 32.7 Å². The summed E-state index contributed by atoms with van der Waals surface area (Å²) in [7, 11) is 0. The summed E-state index contributed by atoms with van der Waals surface area (Å²) in [5.74, 6) is -0.306. The first-order chi connectivity index (χ1) is 9.99. The Kier molecular flexibility index (Phi) is 5.17. The Morgan fingerprint density at radius 2 is 2.05 bits per heavy atom. The number of likely N-dealkylation sites (tertiary alicyclic amines) is 1. The molecular formula is C16H24FN3O. The van der Waals surface area contributed by atoms with Gasteiger partial charge in [0.1, 0.15) is 5.82 Å². The van der Waals surface area contributed by atoms with Crippen LogP contribution in [-0.2, 0) is 0 Å². The Balaban J connectivity index is 1.99. The molecule has 1 aromatic carbocycles. The number of anilines is 1. The van der Waals surface area contributed by atoms with Gasteiger partial charge in [0.2, 0.25) is 0 Å². The quantitative estimate of drug-likeness (QED) is 0.819. The number of carbonyl (C=O) groups is 1. The highest BCUT2D eigenvalue weighted by Gasteiger charge is 2.25. The van der Waals surface area contributed by atoms with E-state index in [0.717, 1.165) is 13.1 Å². The lowest BCUT2D eigenvalue weighted by atomic mass is 10.0. The van der Waals surface area contributed by atoms with Gasteiger partial charge in [0.25, 0.3) is 5.91 Å². The minimum atomic E-state index is -0.450. The second-order valence-corrected chi connectivity index (χ2v) is 6.00. The number of halogens is 1. The fraction of sp³-hybridized carbons (Fsp3) is 0.562. The Bertz CT molecular complexity index is 498. The SMILES string of the molecule is CC(C)C(CNC(=O)c1cc(F)ccc1N)N1CCCC1. The maximum Gasteiger partial charge on any atom is 0.253 e. The van der Waals surface area contributed by atoms with Crippen molar-refractivity contribution in [3.63, 3.8) is 0 Å². The van der Waals surface area contributed by atoms with E-state index in [1.54, 1.807) is 0 Å². The summed E-state index contributed by atoms with van der Waals surface area (Å²) in [5.41, 5.74) is 6.25. The minimum Gasteiger partial charge on any atom is -0.398 e. The van der Waals surface area contributed by atoms with Gasteiger partial charge in [0.05, 0.1) is 5.56 Å². The summed E-state index contributed by atoms with van der Waals surface area (Å²) in [4.78, 5) is 14.6. The van der Waals surface area contributed by atoms with Gasteiger partial charge in [-0.25, -0.2) is 4.39 Å². The molecule has 0 aromatic heterocycles. The van der Waals surface area contributed by atoms with Crippen LogP contribution in [0.25, 0.3) is 0 Å². The third-order valence-electron chi connectivity index (χ3n) is 4.11. The minimum absolute atomic E-state index is 0.207. The van der Waals surface area contributed by atoms with Crippen LogP contribution in [0.15, 0.2) is 18.2 Å². The zero-order valence-electron chi connectivity index (χ0n) is 12.7. The highest BCUT2D eigenvalue weighted by atomic mass is 19.1. The third kappa shape index (κ3) is 3.94. The maximum atomic E-state index is 13.2. The molecule has 1 amide bonds. The predicted octanol–water partition coefficient (Wildman–Crippen LogP) is 2.26. The van der Waals surface area contributed by atoms with Crippen LogP contribution in [0.2, 0.25) is 0 Å². The lowest BCUT2D eigenvalue weighted by molar-refractivity contribution is 0.0927. The lowest BCUT2D eigenvalue weighted by Gasteiger charge is -2.31. The molecule has 0 saturated carbocycles. The normalized spacial score (nSPS) is 17.1. The second kappa shape index (κ2) is 6.89. The Morgan fingerprint density at radius 1 is 1.38 bits per heavy atom. The topological polar surface area (TPSA) is 58.4 Å². The molecule has 0 bridgehead atoms. The summed E-state index contributed by atoms with van der Waals surface area (Å²) >= 11 is 0. The number of carbonyl (C=O) groups excluding carboxylic acids is 1. The standard InChI is InChI=1S/C16H24FN3O/c1-11(2)15(20-7-3-4-8-20)10-19-16(21)13-9-12(17)5-6-14(13)18/h5-6,9,11,15H,3-4,7-8,10,18H2,1-2H3,(H,19,21). The predicted molar refractivity (Wildman–Crippen MR) is 82.6 cm³/mol. The molecule has 0 spiro atoms. The van der Waals surface area contributed by atoms with Gasteiger partial charge in [-0.15, -0.1) is 0 Å². The smallest absolute Gasteiger partial charge is 0.253 e. The summed E-state index contributed by atoms with van der Waals surface area (Å²) in [6, 6.07) is 4.18. The van der Waals surface area contributed by atoms with Gasteiger partial charge in [0.15, 0.2) is 0 Å². The molecule has 1 aliphatic rings. The summed E-state index contributed by atoms with van der Waals surface area (Å²) in [6.07, 6.45) is 2.43. The zero-order chi connectivity index (χ0) is 15.4. The average molecular weight is 293 g/mol. The maximum absolute atomic E-state index is 13.2. The molecule has 1 saturated heterocycles. The molecule has 3 N–H and O–H groups in total. The number of nitrogens with zero attached hydrogens (tertiary/aromatic N) is 1. The first-order valence-electron chi connectivity index (χ1n) is 7.56. The van der Waals surface area contributed by atoms with E-state index < -0.39 is 5.82 Å². The van der Waals surface area contributed by atoms with Crippen molar-refractivity contribution in [2.75, 3.05) is 25.4 Å². The fourth-order valence-corrected chi connectivity index (χ4v) is 2.88. The summed E-state index contributed by atoms with van der Waals surface area (Å²) < 4.78 is 13.2. The Morgan fingerprint density at radius 3 is 2.67 bits per heavy atom. The molecule has 4 nitrogen and oxygen atoms in total. The van der Waals surface area contributed by atoms with E-state index in [1.165, 1.54) is 31.0 Å². The van der Waals surface area contributed by atoms with Crippen LogP contribution in [0.5, 0.6) is 0 Å². The highest BCUT2D eigenvalue weighted by molar-refractivity contribution is 5.99. The molecule has 1 unspecified atom stereocenters. The van der Waals surface area contributed by atoms with E-state index in [1.807, 2.05) is 0 Å². The first kappa shape index (κ1) is 15.8. The van der Waals surface area contributed by atoms with Crippen LogP contribution < -0.4 is 11.1 Å². The van der Waals surface area contributed by atoms with Crippen molar-refractivity contribution in [1.29, 1.82) is 0 Å². The van der Waals surface area contributed by atoms with E-state index >= 15 is 0 Å². The lowest BCUT2D eigenvalue weighted by Crippen LogP contribution is -2.45. The van der Waals surface area contributed by atoms with Gasteiger partial charge in [-0.2, -0.15) is 0 Å². The highest BCUT2D eigenvalue weighted by Crippen LogP contribution is 2.18. The monoisotopic (exact) mass is 293 g/mol. The number of nitrogen functional groups attached to an aromatic ring is 1. The largest absolute Gasteiger partial charge is 0.398 e. The van der Waals surface area contributed by atoms with E-state index in [4.69, 9.17) is 5.73 Å². The molecule has 116 valence electrons. The van der Waals surface area contributed by atoms with Gasteiger partial charge < -0.3 is 11.1 Å². The van der Waals surface area contributed by atoms with Gasteiger partial charge in [0, 0.05) is 18.3 Å². The van der Waals surface area contributed by atoms with Crippen LogP contribution in [0.4, 0.5) is 10.1 Å². The fourth-order valence-electron chi connectivity index (χ4n) is 2.88. The summed E-state index contributed by atoms with van der Waals surface area (Å²) in [5, 5.41) is 2.90. The zero-order valence-corrected chi connectivity index (χ0v) is 12.7. The van der Waals surface area contributed by atoms with Gasteiger partial charge in [-0.1, -0.05) is 13.8 Å². The van der Waals surface area contributed by atoms with E-state index in [-0.39, 0.29) is 11.5 Å². The van der Waals surface area contributed by atoms with Gasteiger partial charge in [-0.05, 0) is 50.0 Å². The van der Waals surface area contributed by atoms with Crippen molar-refractivity contribution in [2.24, 2.45) is 5.92 Å². The van der Waals surface area contributed by atoms with Crippen LogP contribution >= 0.6 is 0 Å². The van der Waals surface area contributed by atoms with Crippen molar-refractivity contribution in [1.82, 2.24) is 10.2 Å². The number of nitrogens with two attached hydrogens (primary N) is 1. The van der Waals surface area contributed by atoms with Gasteiger partial charge >= 0.3 is 0 Å². The number of hydrogen-bond donors (Lipinski definition) is 2. The number of benzene rings is 1. The van der Waals surface area contributed by atoms with E-state index in [0.29, 0.717) is 24.2 Å². The van der Waals surface area contributed by atoms with E-state index in [9.17, 15) is 9.18 Å². The van der Waals surface area contributed by atoms with Gasteiger partial charge in [-0.3, -0.25) is 9.69 Å². The third-order valence-corrected chi connectivity index (χ3v) is 4.11. The van der Waals surface area contributed by atoms with Crippen LogP contribution in [0, 0.1) is 11.7 Å². The molecule has 2 rings (SSSR count). The van der Waals surface area contributed by atoms with E-state index in [2.05, 4.69) is 24.1 Å².